The van der Waals surface area contributed by atoms with E-state index in [1.54, 1.807) is 31.2 Å². The number of urea groups is 1. The molecule has 4 rings (SSSR count). The van der Waals surface area contributed by atoms with Crippen molar-refractivity contribution in [3.8, 4) is 5.69 Å². The van der Waals surface area contributed by atoms with Crippen LogP contribution in [0.25, 0.3) is 5.69 Å². The lowest BCUT2D eigenvalue weighted by molar-refractivity contribution is -0.123. The highest BCUT2D eigenvalue weighted by atomic mass is 19.1. The maximum absolute atomic E-state index is 13.2. The summed E-state index contributed by atoms with van der Waals surface area (Å²) >= 11 is 0. The minimum atomic E-state index is -1.23. The molecule has 9 heteroatoms. The van der Waals surface area contributed by atoms with E-state index in [4.69, 9.17) is 0 Å². The predicted octanol–water partition coefficient (Wildman–Crippen LogP) is 2.32. The molecule has 0 saturated carbocycles. The van der Waals surface area contributed by atoms with Crippen molar-refractivity contribution in [2.45, 2.75) is 12.5 Å². The van der Waals surface area contributed by atoms with Crippen LogP contribution < -0.4 is 16.0 Å². The second kappa shape index (κ2) is 6.86. The highest BCUT2D eigenvalue weighted by molar-refractivity contribution is 6.07. The molecule has 1 aliphatic heterocycles. The van der Waals surface area contributed by atoms with Gasteiger partial charge in [0.25, 0.3) is 11.8 Å². The molecule has 3 N–H and O–H groups in total. The molecule has 8 nitrogen and oxygen atoms in total. The summed E-state index contributed by atoms with van der Waals surface area (Å²) in [5.74, 6) is -1.29. The van der Waals surface area contributed by atoms with E-state index in [-0.39, 0.29) is 11.5 Å². The summed E-state index contributed by atoms with van der Waals surface area (Å²) in [6.45, 7) is 1.58. The maximum atomic E-state index is 13.2. The van der Waals surface area contributed by atoms with Crippen LogP contribution in [0.5, 0.6) is 0 Å². The summed E-state index contributed by atoms with van der Waals surface area (Å²) in [7, 11) is 0. The third-order valence-corrected chi connectivity index (χ3v) is 4.72. The van der Waals surface area contributed by atoms with Gasteiger partial charge in [-0.1, -0.05) is 12.1 Å². The molecule has 1 saturated heterocycles. The van der Waals surface area contributed by atoms with Gasteiger partial charge in [0.1, 0.15) is 17.1 Å². The smallest absolute Gasteiger partial charge is 0.321 e. The number of imidazole rings is 1. The Kier molecular flexibility index (Phi) is 4.34. The van der Waals surface area contributed by atoms with Crippen molar-refractivity contribution in [3.63, 3.8) is 0 Å². The van der Waals surface area contributed by atoms with Gasteiger partial charge in [-0.25, -0.2) is 14.2 Å². The largest absolute Gasteiger partial charge is 0.322 e. The fourth-order valence-electron chi connectivity index (χ4n) is 3.12. The number of anilines is 1. The van der Waals surface area contributed by atoms with Crippen molar-refractivity contribution in [2.75, 3.05) is 5.32 Å². The SMILES string of the molecule is CC1(c2cccc(NC(=O)c3cncn3-c3ccc(F)cc3)c2)NC(=O)NC1=O. The number of benzene rings is 2. The summed E-state index contributed by atoms with van der Waals surface area (Å²) in [5.41, 5.74) is 0.564. The molecular formula is C20H16FN5O3. The van der Waals surface area contributed by atoms with Gasteiger partial charge in [0.2, 0.25) is 0 Å². The Morgan fingerprint density at radius 1 is 1.17 bits per heavy atom. The van der Waals surface area contributed by atoms with E-state index in [2.05, 4.69) is 20.9 Å². The summed E-state index contributed by atoms with van der Waals surface area (Å²) in [4.78, 5) is 40.4. The lowest BCUT2D eigenvalue weighted by Gasteiger charge is -2.21. The van der Waals surface area contributed by atoms with Gasteiger partial charge >= 0.3 is 6.03 Å². The number of nitrogens with zero attached hydrogens (tertiary/aromatic N) is 2. The van der Waals surface area contributed by atoms with E-state index in [1.165, 1.54) is 41.4 Å². The van der Waals surface area contributed by atoms with E-state index in [1.807, 2.05) is 0 Å². The van der Waals surface area contributed by atoms with Crippen LogP contribution in [0.3, 0.4) is 0 Å². The van der Waals surface area contributed by atoms with Crippen molar-refractivity contribution >= 4 is 23.5 Å². The van der Waals surface area contributed by atoms with Crippen LogP contribution in [-0.2, 0) is 10.3 Å². The van der Waals surface area contributed by atoms with Gasteiger partial charge in [-0.3, -0.25) is 19.5 Å². The zero-order valence-corrected chi connectivity index (χ0v) is 15.3. The Balaban J connectivity index is 1.59. The predicted molar refractivity (Wildman–Crippen MR) is 102 cm³/mol. The molecule has 0 bridgehead atoms. The van der Waals surface area contributed by atoms with Crippen LogP contribution >= 0.6 is 0 Å². The Morgan fingerprint density at radius 3 is 2.62 bits per heavy atom. The quantitative estimate of drug-likeness (QED) is 0.592. The Labute approximate surface area is 164 Å². The number of carbonyl (C=O) groups excluding carboxylic acids is 3. The second-order valence-corrected chi connectivity index (χ2v) is 6.69. The fraction of sp³-hybridized carbons (Fsp3) is 0.100. The van der Waals surface area contributed by atoms with E-state index in [0.29, 0.717) is 16.9 Å². The molecule has 29 heavy (non-hydrogen) atoms. The lowest BCUT2D eigenvalue weighted by atomic mass is 9.92. The molecule has 146 valence electrons. The average Bonchev–Trinajstić information content (AvgIpc) is 3.28. The number of hydrogen-bond acceptors (Lipinski definition) is 4. The van der Waals surface area contributed by atoms with Gasteiger partial charge in [-0.15, -0.1) is 0 Å². The van der Waals surface area contributed by atoms with Gasteiger partial charge < -0.3 is 10.6 Å². The highest BCUT2D eigenvalue weighted by Gasteiger charge is 2.43. The molecule has 2 heterocycles. The van der Waals surface area contributed by atoms with Gasteiger partial charge in [0.15, 0.2) is 0 Å². The lowest BCUT2D eigenvalue weighted by Crippen LogP contribution is -2.40. The zero-order chi connectivity index (χ0) is 20.6. The first-order valence-electron chi connectivity index (χ1n) is 8.70. The molecule has 0 spiro atoms. The minimum absolute atomic E-state index is 0.250. The van der Waals surface area contributed by atoms with Crippen LogP contribution in [0.2, 0.25) is 0 Å². The standard InChI is InChI=1S/C20H16FN5O3/c1-20(18(28)24-19(29)25-20)12-3-2-4-14(9-12)23-17(27)16-10-22-11-26(16)15-7-5-13(21)6-8-15/h2-11H,1H3,(H,23,27)(H2,24,25,28,29). The maximum Gasteiger partial charge on any atom is 0.322 e. The van der Waals surface area contributed by atoms with Crippen molar-refractivity contribution in [2.24, 2.45) is 0 Å². The summed E-state index contributed by atoms with van der Waals surface area (Å²) in [6.07, 6.45) is 2.85. The third kappa shape index (κ3) is 3.33. The molecule has 1 aromatic heterocycles. The van der Waals surface area contributed by atoms with Crippen LogP contribution in [0.1, 0.15) is 23.0 Å². The van der Waals surface area contributed by atoms with Gasteiger partial charge in [0, 0.05) is 11.4 Å². The second-order valence-electron chi connectivity index (χ2n) is 6.69. The highest BCUT2D eigenvalue weighted by Crippen LogP contribution is 2.26. The molecule has 1 atom stereocenters. The number of nitrogens with one attached hydrogen (secondary N) is 3. The van der Waals surface area contributed by atoms with Crippen molar-refractivity contribution in [1.29, 1.82) is 0 Å². The number of halogens is 1. The first-order chi connectivity index (χ1) is 13.9. The van der Waals surface area contributed by atoms with E-state index in [0.717, 1.165) is 0 Å². The first-order valence-corrected chi connectivity index (χ1v) is 8.70. The topological polar surface area (TPSA) is 105 Å². The molecule has 2 aromatic carbocycles. The number of carbonyl (C=O) groups is 3. The first kappa shape index (κ1) is 18.4. The molecule has 0 aliphatic carbocycles. The molecule has 4 amide bonds. The zero-order valence-electron chi connectivity index (χ0n) is 15.3. The van der Waals surface area contributed by atoms with E-state index < -0.39 is 23.4 Å². The van der Waals surface area contributed by atoms with Crippen LogP contribution in [0.15, 0.2) is 61.1 Å². The van der Waals surface area contributed by atoms with Crippen molar-refractivity contribution in [3.05, 3.63) is 78.1 Å². The average molecular weight is 393 g/mol. The Bertz CT molecular complexity index is 1130. The number of rotatable bonds is 4. The number of amides is 4. The normalized spacial score (nSPS) is 18.3. The summed E-state index contributed by atoms with van der Waals surface area (Å²) in [5, 5.41) is 7.54. The monoisotopic (exact) mass is 393 g/mol. The van der Waals surface area contributed by atoms with Crippen LogP contribution in [-0.4, -0.2) is 27.4 Å². The molecule has 1 aliphatic rings. The van der Waals surface area contributed by atoms with Gasteiger partial charge in [-0.05, 0) is 48.9 Å². The van der Waals surface area contributed by atoms with Crippen LogP contribution in [0, 0.1) is 5.82 Å². The van der Waals surface area contributed by atoms with E-state index >= 15 is 0 Å². The summed E-state index contributed by atoms with van der Waals surface area (Å²) < 4.78 is 14.7. The third-order valence-electron chi connectivity index (χ3n) is 4.72. The molecule has 0 radical (unpaired) electrons. The Hall–Kier alpha value is -4.01. The molecular weight excluding hydrogens is 377 g/mol. The number of imide groups is 1. The van der Waals surface area contributed by atoms with Crippen LogP contribution in [0.4, 0.5) is 14.9 Å². The van der Waals surface area contributed by atoms with Gasteiger partial charge in [-0.2, -0.15) is 0 Å². The summed E-state index contributed by atoms with van der Waals surface area (Å²) in [6, 6.07) is 11.7. The van der Waals surface area contributed by atoms with Crippen molar-refractivity contribution in [1.82, 2.24) is 20.2 Å². The number of aromatic nitrogens is 2. The molecule has 3 aromatic rings. The van der Waals surface area contributed by atoms with E-state index in [9.17, 15) is 18.8 Å². The minimum Gasteiger partial charge on any atom is -0.321 e. The molecule has 1 unspecified atom stereocenters. The van der Waals surface area contributed by atoms with Gasteiger partial charge in [0.05, 0.1) is 12.5 Å². The fourth-order valence-corrected chi connectivity index (χ4v) is 3.12. The number of hydrogen-bond donors (Lipinski definition) is 3. The van der Waals surface area contributed by atoms with Crippen molar-refractivity contribution < 1.29 is 18.8 Å². The molecule has 1 fully saturated rings. The Morgan fingerprint density at radius 2 is 1.93 bits per heavy atom.